The summed E-state index contributed by atoms with van der Waals surface area (Å²) in [6.45, 7) is 6.30. The van der Waals surface area contributed by atoms with Crippen LogP contribution in [0, 0.1) is 13.8 Å². The molecule has 0 radical (unpaired) electrons. The van der Waals surface area contributed by atoms with E-state index in [9.17, 15) is 14.4 Å². The lowest BCUT2D eigenvalue weighted by Gasteiger charge is -2.12. The van der Waals surface area contributed by atoms with Crippen molar-refractivity contribution in [1.29, 1.82) is 0 Å². The van der Waals surface area contributed by atoms with Gasteiger partial charge in [0.25, 0.3) is 17.4 Å². The highest BCUT2D eigenvalue weighted by molar-refractivity contribution is 7.12. The van der Waals surface area contributed by atoms with Crippen LogP contribution in [-0.4, -0.2) is 21.6 Å². The van der Waals surface area contributed by atoms with Gasteiger partial charge in [0.2, 0.25) is 0 Å². The molecule has 0 unspecified atom stereocenters. The fraction of sp³-hybridized carbons (Fsp3) is 0.333. The first kappa shape index (κ1) is 20.7. The summed E-state index contributed by atoms with van der Waals surface area (Å²) in [4.78, 5) is 39.7. The number of hydrazine groups is 1. The summed E-state index contributed by atoms with van der Waals surface area (Å²) in [5.41, 5.74) is 5.28. The topological polar surface area (TPSA) is 93.1 Å². The lowest BCUT2D eigenvalue weighted by atomic mass is 10.1. The Bertz CT molecular complexity index is 1120. The number of rotatable bonds is 6. The maximum Gasteiger partial charge on any atom is 0.290 e. The molecule has 2 heterocycles. The summed E-state index contributed by atoms with van der Waals surface area (Å²) in [5.74, 6) is -0.954. The summed E-state index contributed by atoms with van der Waals surface area (Å²) in [7, 11) is 0. The number of thiophene rings is 1. The third kappa shape index (κ3) is 4.54. The van der Waals surface area contributed by atoms with Crippen LogP contribution in [0.15, 0.2) is 35.1 Å². The molecule has 8 heteroatoms. The lowest BCUT2D eigenvalue weighted by Crippen LogP contribution is -2.43. The number of hydrogen-bond donors (Lipinski definition) is 2. The summed E-state index contributed by atoms with van der Waals surface area (Å²) < 4.78 is 1.33. The fourth-order valence-corrected chi connectivity index (χ4v) is 4.08. The summed E-state index contributed by atoms with van der Waals surface area (Å²) >= 11 is 1.52. The van der Waals surface area contributed by atoms with E-state index in [1.54, 1.807) is 30.3 Å². The van der Waals surface area contributed by atoms with Crippen molar-refractivity contribution in [2.75, 3.05) is 0 Å². The van der Waals surface area contributed by atoms with Gasteiger partial charge in [-0.3, -0.25) is 25.2 Å². The number of aromatic nitrogens is 2. The molecule has 0 spiro atoms. The largest absolute Gasteiger partial charge is 0.290 e. The number of benzene rings is 1. The molecule has 152 valence electrons. The van der Waals surface area contributed by atoms with Crippen molar-refractivity contribution in [2.45, 2.75) is 46.6 Å². The second-order valence-corrected chi connectivity index (χ2v) is 8.33. The van der Waals surface area contributed by atoms with Crippen LogP contribution in [0.1, 0.15) is 56.8 Å². The number of aryl methyl sites for hydroxylation is 3. The minimum atomic E-state index is -0.566. The molecule has 0 fully saturated rings. The Labute approximate surface area is 172 Å². The number of nitrogens with zero attached hydrogens (tertiary/aromatic N) is 2. The van der Waals surface area contributed by atoms with Gasteiger partial charge in [0, 0.05) is 21.7 Å². The second-order valence-electron chi connectivity index (χ2n) is 6.86. The molecule has 3 rings (SSSR count). The van der Waals surface area contributed by atoms with Crippen LogP contribution in [0.25, 0.3) is 10.8 Å². The van der Waals surface area contributed by atoms with E-state index in [0.717, 1.165) is 29.0 Å². The molecule has 2 amide bonds. The van der Waals surface area contributed by atoms with Crippen LogP contribution >= 0.6 is 11.3 Å². The number of fused-ring (bicyclic) bond motifs is 1. The van der Waals surface area contributed by atoms with Gasteiger partial charge in [-0.05, 0) is 32.4 Å². The molecular formula is C21H24N4O3S. The first-order valence-electron chi connectivity index (χ1n) is 9.60. The van der Waals surface area contributed by atoms with Crippen molar-refractivity contribution in [1.82, 2.24) is 20.6 Å². The third-order valence-electron chi connectivity index (χ3n) is 4.63. The molecule has 0 saturated carbocycles. The maximum atomic E-state index is 12.8. The third-order valence-corrected chi connectivity index (χ3v) is 5.60. The minimum absolute atomic E-state index is 0.107. The van der Waals surface area contributed by atoms with E-state index in [4.69, 9.17) is 0 Å². The van der Waals surface area contributed by atoms with Crippen molar-refractivity contribution >= 4 is 33.9 Å². The van der Waals surface area contributed by atoms with Crippen molar-refractivity contribution in [3.63, 3.8) is 0 Å². The highest BCUT2D eigenvalue weighted by atomic mass is 32.1. The van der Waals surface area contributed by atoms with Gasteiger partial charge < -0.3 is 0 Å². The molecule has 3 aromatic rings. The minimum Gasteiger partial charge on any atom is -0.267 e. The van der Waals surface area contributed by atoms with Crippen molar-refractivity contribution in [3.05, 3.63) is 61.7 Å². The van der Waals surface area contributed by atoms with Gasteiger partial charge >= 0.3 is 0 Å². The number of nitrogens with one attached hydrogen (secondary N) is 2. The Balaban J connectivity index is 1.86. The number of amides is 2. The molecule has 2 aromatic heterocycles. The first-order valence-corrected chi connectivity index (χ1v) is 10.4. The summed E-state index contributed by atoms with van der Waals surface area (Å²) in [5, 5.41) is 5.17. The first-order chi connectivity index (χ1) is 13.9. The monoisotopic (exact) mass is 412 g/mol. The Morgan fingerprint density at radius 3 is 2.41 bits per heavy atom. The molecule has 7 nitrogen and oxygen atoms in total. The standard InChI is InChI=1S/C21H24N4O3S/c1-4-5-8-11-25-21(28)16-10-7-6-9-15(16)18(24-25)20(27)23-22-19(26)17-12-13(2)29-14(17)3/h6-7,9-10,12H,4-5,8,11H2,1-3H3,(H,22,26)(H,23,27). The SMILES string of the molecule is CCCCCn1nc(C(=O)NNC(=O)c2cc(C)sc2C)c2ccccc2c1=O. The van der Waals surface area contributed by atoms with Gasteiger partial charge in [-0.25, -0.2) is 4.68 Å². The predicted molar refractivity (Wildman–Crippen MR) is 114 cm³/mol. The zero-order valence-corrected chi connectivity index (χ0v) is 17.6. The number of hydrogen-bond acceptors (Lipinski definition) is 5. The van der Waals surface area contributed by atoms with Crippen molar-refractivity contribution < 1.29 is 9.59 Å². The van der Waals surface area contributed by atoms with E-state index in [1.165, 1.54) is 16.0 Å². The lowest BCUT2D eigenvalue weighted by molar-refractivity contribution is 0.0843. The highest BCUT2D eigenvalue weighted by Gasteiger charge is 2.18. The van der Waals surface area contributed by atoms with Crippen LogP contribution in [0.3, 0.4) is 0 Å². The van der Waals surface area contributed by atoms with Gasteiger partial charge in [0.1, 0.15) is 0 Å². The van der Waals surface area contributed by atoms with E-state index in [2.05, 4.69) is 22.9 Å². The molecule has 0 aliphatic heterocycles. The molecule has 0 aliphatic carbocycles. The number of unbranched alkanes of at least 4 members (excludes halogenated alkanes) is 2. The van der Waals surface area contributed by atoms with Crippen LogP contribution in [0.5, 0.6) is 0 Å². The zero-order valence-electron chi connectivity index (χ0n) is 16.7. The Morgan fingerprint density at radius 2 is 1.76 bits per heavy atom. The maximum absolute atomic E-state index is 12.8. The van der Waals surface area contributed by atoms with Crippen LogP contribution in [0.2, 0.25) is 0 Å². The van der Waals surface area contributed by atoms with Crippen LogP contribution in [0.4, 0.5) is 0 Å². The number of carbonyl (C=O) groups excluding carboxylic acids is 2. The second kappa shape index (κ2) is 9.00. The average molecular weight is 413 g/mol. The van der Waals surface area contributed by atoms with E-state index in [0.29, 0.717) is 22.9 Å². The van der Waals surface area contributed by atoms with Gasteiger partial charge in [-0.2, -0.15) is 5.10 Å². The van der Waals surface area contributed by atoms with E-state index in [-0.39, 0.29) is 17.2 Å². The molecule has 0 atom stereocenters. The molecule has 0 aliphatic rings. The summed E-state index contributed by atoms with van der Waals surface area (Å²) in [6.07, 6.45) is 2.79. The Hall–Kier alpha value is -3.00. The van der Waals surface area contributed by atoms with E-state index in [1.807, 2.05) is 13.8 Å². The van der Waals surface area contributed by atoms with Gasteiger partial charge in [-0.1, -0.05) is 38.0 Å². The predicted octanol–water partition coefficient (Wildman–Crippen LogP) is 3.34. The Kier molecular flexibility index (Phi) is 6.43. The van der Waals surface area contributed by atoms with Crippen LogP contribution < -0.4 is 16.4 Å². The molecule has 2 N–H and O–H groups in total. The highest BCUT2D eigenvalue weighted by Crippen LogP contribution is 2.20. The van der Waals surface area contributed by atoms with E-state index >= 15 is 0 Å². The molecular weight excluding hydrogens is 388 g/mol. The smallest absolute Gasteiger partial charge is 0.267 e. The Morgan fingerprint density at radius 1 is 1.07 bits per heavy atom. The summed E-state index contributed by atoms with van der Waals surface area (Å²) in [6, 6.07) is 8.65. The van der Waals surface area contributed by atoms with Gasteiger partial charge in [0.05, 0.1) is 10.9 Å². The van der Waals surface area contributed by atoms with Crippen molar-refractivity contribution in [2.24, 2.45) is 0 Å². The van der Waals surface area contributed by atoms with Crippen LogP contribution in [-0.2, 0) is 6.54 Å². The molecule has 1 aromatic carbocycles. The number of carbonyl (C=O) groups is 2. The zero-order chi connectivity index (χ0) is 21.0. The normalized spacial score (nSPS) is 10.9. The van der Waals surface area contributed by atoms with Gasteiger partial charge in [0.15, 0.2) is 5.69 Å². The van der Waals surface area contributed by atoms with E-state index < -0.39 is 5.91 Å². The quantitative estimate of drug-likeness (QED) is 0.480. The molecule has 29 heavy (non-hydrogen) atoms. The average Bonchev–Trinajstić information content (AvgIpc) is 3.06. The van der Waals surface area contributed by atoms with Crippen molar-refractivity contribution in [3.8, 4) is 0 Å². The molecule has 0 bridgehead atoms. The van der Waals surface area contributed by atoms with Gasteiger partial charge in [-0.15, -0.1) is 11.3 Å². The molecule has 0 saturated heterocycles. The fourth-order valence-electron chi connectivity index (χ4n) is 3.16.